The van der Waals surface area contributed by atoms with Crippen molar-refractivity contribution in [1.82, 2.24) is 4.90 Å². The van der Waals surface area contributed by atoms with Gasteiger partial charge in [0.25, 0.3) is 0 Å². The first-order valence-corrected chi connectivity index (χ1v) is 8.76. The number of carbonyl (C=O) groups is 2. The van der Waals surface area contributed by atoms with Gasteiger partial charge in [-0.3, -0.25) is 4.79 Å². The van der Waals surface area contributed by atoms with Crippen molar-refractivity contribution in [3.63, 3.8) is 0 Å². The Morgan fingerprint density at radius 1 is 1.26 bits per heavy atom. The lowest BCUT2D eigenvalue weighted by Crippen LogP contribution is -2.48. The van der Waals surface area contributed by atoms with Gasteiger partial charge in [0.05, 0.1) is 18.1 Å². The van der Waals surface area contributed by atoms with E-state index in [9.17, 15) is 27.9 Å². The van der Waals surface area contributed by atoms with E-state index >= 15 is 0 Å². The minimum Gasteiger partial charge on any atom is -0.447 e. The van der Waals surface area contributed by atoms with Gasteiger partial charge in [-0.05, 0) is 30.5 Å². The number of cyclic esters (lactones) is 1. The third kappa shape index (κ3) is 4.35. The van der Waals surface area contributed by atoms with E-state index < -0.39 is 35.6 Å². The summed E-state index contributed by atoms with van der Waals surface area (Å²) in [6.07, 6.45) is -2.79. The summed E-state index contributed by atoms with van der Waals surface area (Å²) in [5, 5.41) is 11.2. The molecule has 1 N–H and O–H groups in total. The van der Waals surface area contributed by atoms with E-state index in [0.717, 1.165) is 23.5 Å². The zero-order valence-corrected chi connectivity index (χ0v) is 14.5. The van der Waals surface area contributed by atoms with Gasteiger partial charge >= 0.3 is 12.5 Å². The van der Waals surface area contributed by atoms with Crippen molar-refractivity contribution in [2.45, 2.75) is 50.0 Å². The fourth-order valence-corrected chi connectivity index (χ4v) is 3.78. The SMILES string of the molecule is O=C1OCCN1C(=O)[C@H](c1cccc(OC(F)(F)F)c1)C1(O)CCCCC1. The Hall–Kier alpha value is -2.29. The first-order chi connectivity index (χ1) is 12.7. The molecule has 2 fully saturated rings. The van der Waals surface area contributed by atoms with E-state index in [2.05, 4.69) is 4.74 Å². The van der Waals surface area contributed by atoms with Crippen LogP contribution in [0.1, 0.15) is 43.6 Å². The molecule has 1 aliphatic carbocycles. The Balaban J connectivity index is 1.98. The van der Waals surface area contributed by atoms with Crippen LogP contribution in [0.5, 0.6) is 5.75 Å². The maximum atomic E-state index is 13.1. The summed E-state index contributed by atoms with van der Waals surface area (Å²) in [6.45, 7) is 0.0932. The lowest BCUT2D eigenvalue weighted by molar-refractivity contribution is -0.274. The summed E-state index contributed by atoms with van der Waals surface area (Å²) >= 11 is 0. The van der Waals surface area contributed by atoms with Crippen LogP contribution in [-0.4, -0.2) is 47.1 Å². The highest BCUT2D eigenvalue weighted by atomic mass is 19.4. The zero-order valence-electron chi connectivity index (χ0n) is 14.5. The minimum atomic E-state index is -4.88. The third-order valence-electron chi connectivity index (χ3n) is 4.96. The fraction of sp³-hybridized carbons (Fsp3) is 0.556. The van der Waals surface area contributed by atoms with E-state index in [1.54, 1.807) is 0 Å². The van der Waals surface area contributed by atoms with Crippen molar-refractivity contribution >= 4 is 12.0 Å². The molecule has 2 amide bonds. The quantitative estimate of drug-likeness (QED) is 0.858. The van der Waals surface area contributed by atoms with Crippen LogP contribution in [0, 0.1) is 0 Å². The molecular formula is C18H20F3NO5. The number of amides is 2. The molecule has 2 aliphatic rings. The van der Waals surface area contributed by atoms with Crippen LogP contribution in [0.4, 0.5) is 18.0 Å². The molecule has 1 aromatic rings. The molecule has 148 valence electrons. The predicted octanol–water partition coefficient (Wildman–Crippen LogP) is 3.34. The molecule has 0 bridgehead atoms. The van der Waals surface area contributed by atoms with Crippen molar-refractivity contribution in [2.75, 3.05) is 13.2 Å². The van der Waals surface area contributed by atoms with E-state index in [0.29, 0.717) is 25.7 Å². The molecule has 1 aliphatic heterocycles. The molecule has 6 nitrogen and oxygen atoms in total. The van der Waals surface area contributed by atoms with E-state index in [4.69, 9.17) is 4.74 Å². The van der Waals surface area contributed by atoms with E-state index in [1.807, 2.05) is 0 Å². The molecule has 0 unspecified atom stereocenters. The Bertz CT molecular complexity index is 715. The van der Waals surface area contributed by atoms with Gasteiger partial charge in [0.2, 0.25) is 5.91 Å². The average Bonchev–Trinajstić information content (AvgIpc) is 3.00. The van der Waals surface area contributed by atoms with Crippen molar-refractivity contribution in [1.29, 1.82) is 0 Å². The third-order valence-corrected chi connectivity index (χ3v) is 4.96. The molecule has 1 saturated heterocycles. The Labute approximate surface area is 153 Å². The van der Waals surface area contributed by atoms with Gasteiger partial charge in [-0.2, -0.15) is 0 Å². The Kier molecular flexibility index (Phi) is 5.32. The minimum absolute atomic E-state index is 0.0446. The predicted molar refractivity (Wildman–Crippen MR) is 87.0 cm³/mol. The number of hydrogen-bond acceptors (Lipinski definition) is 5. The fourth-order valence-electron chi connectivity index (χ4n) is 3.78. The number of benzene rings is 1. The van der Waals surface area contributed by atoms with Crippen LogP contribution in [0.3, 0.4) is 0 Å². The highest BCUT2D eigenvalue weighted by Crippen LogP contribution is 2.42. The number of nitrogens with zero attached hydrogens (tertiary/aromatic N) is 1. The van der Waals surface area contributed by atoms with E-state index in [1.165, 1.54) is 12.1 Å². The van der Waals surface area contributed by atoms with Crippen LogP contribution < -0.4 is 4.74 Å². The average molecular weight is 387 g/mol. The summed E-state index contributed by atoms with van der Waals surface area (Å²) in [4.78, 5) is 25.8. The molecule has 0 aromatic heterocycles. The largest absolute Gasteiger partial charge is 0.573 e. The van der Waals surface area contributed by atoms with Crippen LogP contribution in [0.15, 0.2) is 24.3 Å². The second-order valence-electron chi connectivity index (χ2n) is 6.82. The molecule has 0 spiro atoms. The van der Waals surface area contributed by atoms with Gasteiger partial charge in [0.15, 0.2) is 0 Å². The zero-order chi connectivity index (χ0) is 19.7. The lowest BCUT2D eigenvalue weighted by atomic mass is 9.72. The highest BCUT2D eigenvalue weighted by molar-refractivity contribution is 5.97. The summed E-state index contributed by atoms with van der Waals surface area (Å²) in [5.74, 6) is -2.34. The number of carbonyl (C=O) groups excluding carboxylic acids is 2. The monoisotopic (exact) mass is 387 g/mol. The summed E-state index contributed by atoms with van der Waals surface area (Å²) in [7, 11) is 0. The van der Waals surface area contributed by atoms with Crippen molar-refractivity contribution < 1.29 is 37.3 Å². The van der Waals surface area contributed by atoms with Crippen LogP contribution in [0.2, 0.25) is 0 Å². The number of halogens is 3. The number of hydrogen-bond donors (Lipinski definition) is 1. The van der Waals surface area contributed by atoms with Crippen LogP contribution in [-0.2, 0) is 9.53 Å². The summed E-state index contributed by atoms with van der Waals surface area (Å²) in [5.41, 5.74) is -1.28. The summed E-state index contributed by atoms with van der Waals surface area (Å²) in [6, 6.07) is 4.99. The molecule has 27 heavy (non-hydrogen) atoms. The van der Waals surface area contributed by atoms with Crippen molar-refractivity contribution in [3.8, 4) is 5.75 Å². The number of ether oxygens (including phenoxy) is 2. The second kappa shape index (κ2) is 7.38. The van der Waals surface area contributed by atoms with Crippen molar-refractivity contribution in [2.24, 2.45) is 0 Å². The van der Waals surface area contributed by atoms with Gasteiger partial charge in [-0.15, -0.1) is 13.2 Å². The molecule has 1 aromatic carbocycles. The maximum absolute atomic E-state index is 13.1. The number of aliphatic hydroxyl groups is 1. The summed E-state index contributed by atoms with van der Waals surface area (Å²) < 4.78 is 46.4. The van der Waals surface area contributed by atoms with Gasteiger partial charge in [-0.1, -0.05) is 31.4 Å². The van der Waals surface area contributed by atoms with E-state index in [-0.39, 0.29) is 18.7 Å². The number of alkyl halides is 3. The normalized spacial score (nSPS) is 20.9. The Morgan fingerprint density at radius 3 is 2.56 bits per heavy atom. The van der Waals surface area contributed by atoms with Gasteiger partial charge < -0.3 is 14.6 Å². The van der Waals surface area contributed by atoms with Crippen LogP contribution >= 0.6 is 0 Å². The molecular weight excluding hydrogens is 367 g/mol. The molecule has 1 heterocycles. The van der Waals surface area contributed by atoms with Gasteiger partial charge in [0, 0.05) is 0 Å². The highest BCUT2D eigenvalue weighted by Gasteiger charge is 2.47. The maximum Gasteiger partial charge on any atom is 0.573 e. The number of rotatable bonds is 4. The van der Waals surface area contributed by atoms with Crippen LogP contribution in [0.25, 0.3) is 0 Å². The lowest BCUT2D eigenvalue weighted by Gasteiger charge is -2.39. The van der Waals surface area contributed by atoms with Crippen molar-refractivity contribution in [3.05, 3.63) is 29.8 Å². The first-order valence-electron chi connectivity index (χ1n) is 8.76. The molecule has 9 heteroatoms. The molecule has 0 radical (unpaired) electrons. The van der Waals surface area contributed by atoms with Gasteiger partial charge in [0.1, 0.15) is 12.4 Å². The smallest absolute Gasteiger partial charge is 0.447 e. The molecule has 3 rings (SSSR count). The standard InChI is InChI=1S/C18H20F3NO5/c19-18(20,21)27-13-6-4-5-12(11-13)14(17(25)7-2-1-3-8-17)15(23)22-9-10-26-16(22)24/h4-6,11,14,25H,1-3,7-10H2/t14-/m0/s1. The second-order valence-corrected chi connectivity index (χ2v) is 6.82. The Morgan fingerprint density at radius 2 is 1.96 bits per heavy atom. The first kappa shape index (κ1) is 19.5. The number of imide groups is 1. The molecule has 1 saturated carbocycles. The molecule has 1 atom stereocenters. The topological polar surface area (TPSA) is 76.1 Å². The van der Waals surface area contributed by atoms with Gasteiger partial charge in [-0.25, -0.2) is 9.69 Å².